The van der Waals surface area contributed by atoms with Gasteiger partial charge in [-0.15, -0.1) is 0 Å². The zero-order valence-corrected chi connectivity index (χ0v) is 14.3. The number of rotatable bonds is 3. The fraction of sp³-hybridized carbons (Fsp3) is 0.111. The molecule has 3 aromatic rings. The van der Waals surface area contributed by atoms with E-state index in [1.54, 1.807) is 18.5 Å². The molecule has 0 fully saturated rings. The maximum Gasteiger partial charge on any atom is 0.136 e. The van der Waals surface area contributed by atoms with Crippen molar-refractivity contribution in [1.29, 1.82) is 0 Å². The average Bonchev–Trinajstić information content (AvgIpc) is 2.84. The number of halogens is 2. The van der Waals surface area contributed by atoms with Crippen LogP contribution in [-0.4, -0.2) is 15.8 Å². The molecule has 0 saturated heterocycles. The van der Waals surface area contributed by atoms with Crippen LogP contribution in [-0.2, 0) is 0 Å². The van der Waals surface area contributed by atoms with Gasteiger partial charge in [0.15, 0.2) is 0 Å². The fourth-order valence-electron chi connectivity index (χ4n) is 2.49. The van der Waals surface area contributed by atoms with Gasteiger partial charge in [0.05, 0.1) is 15.7 Å². The first kappa shape index (κ1) is 15.8. The summed E-state index contributed by atoms with van der Waals surface area (Å²) in [4.78, 5) is 8.88. The van der Waals surface area contributed by atoms with Crippen LogP contribution >= 0.6 is 23.2 Å². The van der Waals surface area contributed by atoms with E-state index in [1.807, 2.05) is 44.2 Å². The topological polar surface area (TPSA) is 30.2 Å². The van der Waals surface area contributed by atoms with E-state index in [2.05, 4.69) is 20.6 Å². The minimum atomic E-state index is 0.462. The summed E-state index contributed by atoms with van der Waals surface area (Å²) < 4.78 is 2.10. The highest BCUT2D eigenvalue weighted by Crippen LogP contribution is 2.31. The first-order valence-corrected chi connectivity index (χ1v) is 7.92. The molecule has 0 radical (unpaired) electrons. The second-order valence-corrected chi connectivity index (χ2v) is 5.97. The number of aromatic nitrogens is 2. The van der Waals surface area contributed by atoms with Crippen LogP contribution in [0.5, 0.6) is 0 Å². The zero-order chi connectivity index (χ0) is 16.4. The predicted molar refractivity (Wildman–Crippen MR) is 96.8 cm³/mol. The molecule has 2 aromatic heterocycles. The van der Waals surface area contributed by atoms with Gasteiger partial charge in [0.2, 0.25) is 0 Å². The zero-order valence-electron chi connectivity index (χ0n) is 12.8. The summed E-state index contributed by atoms with van der Waals surface area (Å²) in [6, 6.07) is 13.3. The summed E-state index contributed by atoms with van der Waals surface area (Å²) in [6.07, 6.45) is 3.59. The molecule has 0 saturated carbocycles. The van der Waals surface area contributed by atoms with E-state index < -0.39 is 0 Å². The van der Waals surface area contributed by atoms with Crippen LogP contribution in [0.4, 0.5) is 5.69 Å². The van der Waals surface area contributed by atoms with Crippen molar-refractivity contribution in [3.63, 3.8) is 0 Å². The van der Waals surface area contributed by atoms with Gasteiger partial charge in [-0.05, 0) is 44.2 Å². The Bertz CT molecular complexity index is 867. The first-order valence-electron chi connectivity index (χ1n) is 7.16. The van der Waals surface area contributed by atoms with Crippen molar-refractivity contribution < 1.29 is 0 Å². The number of aryl methyl sites for hydroxylation is 1. The third-order valence-corrected chi connectivity index (χ3v) is 4.43. The smallest absolute Gasteiger partial charge is 0.136 e. The van der Waals surface area contributed by atoms with Crippen LogP contribution in [0.3, 0.4) is 0 Å². The minimum Gasteiger partial charge on any atom is -0.303 e. The molecule has 0 aliphatic carbocycles. The fourth-order valence-corrected chi connectivity index (χ4v) is 2.83. The lowest BCUT2D eigenvalue weighted by molar-refractivity contribution is 0.921. The quantitative estimate of drug-likeness (QED) is 0.573. The van der Waals surface area contributed by atoms with Crippen LogP contribution in [0.25, 0.3) is 5.82 Å². The Labute approximate surface area is 145 Å². The molecule has 3 rings (SSSR count). The van der Waals surface area contributed by atoms with Gasteiger partial charge in [-0.3, -0.25) is 4.99 Å². The number of pyridine rings is 1. The summed E-state index contributed by atoms with van der Waals surface area (Å²) in [5.41, 5.74) is 3.84. The van der Waals surface area contributed by atoms with E-state index in [-0.39, 0.29) is 0 Å². The maximum atomic E-state index is 6.17. The molecule has 116 valence electrons. The lowest BCUT2D eigenvalue weighted by Gasteiger charge is -2.07. The monoisotopic (exact) mass is 343 g/mol. The summed E-state index contributed by atoms with van der Waals surface area (Å²) in [5.74, 6) is 0.892. The van der Waals surface area contributed by atoms with Crippen molar-refractivity contribution in [2.75, 3.05) is 0 Å². The molecule has 0 unspecified atom stereocenters. The largest absolute Gasteiger partial charge is 0.303 e. The molecule has 3 nitrogen and oxygen atoms in total. The minimum absolute atomic E-state index is 0.462. The molecule has 0 bridgehead atoms. The average molecular weight is 344 g/mol. The van der Waals surface area contributed by atoms with Gasteiger partial charge in [0.25, 0.3) is 0 Å². The first-order chi connectivity index (χ1) is 11.1. The standard InChI is InChI=1S/C18H15Cl2N3/c1-12-10-14(11-22-16-7-5-6-15(19)18(16)20)13(2)23(12)17-8-3-4-9-21-17/h3-11H,1-2H3. The molecular formula is C18H15Cl2N3. The van der Waals surface area contributed by atoms with Crippen LogP contribution < -0.4 is 0 Å². The van der Waals surface area contributed by atoms with E-state index >= 15 is 0 Å². The third-order valence-electron chi connectivity index (χ3n) is 3.62. The normalized spacial score (nSPS) is 11.3. The summed E-state index contributed by atoms with van der Waals surface area (Å²) in [7, 11) is 0. The number of nitrogens with zero attached hydrogens (tertiary/aromatic N) is 3. The van der Waals surface area contributed by atoms with Crippen molar-refractivity contribution in [1.82, 2.24) is 9.55 Å². The molecule has 0 amide bonds. The Balaban J connectivity index is 1.99. The molecule has 5 heteroatoms. The van der Waals surface area contributed by atoms with E-state index in [0.717, 1.165) is 22.8 Å². The Morgan fingerprint density at radius 2 is 1.91 bits per heavy atom. The second kappa shape index (κ2) is 6.57. The lowest BCUT2D eigenvalue weighted by atomic mass is 10.2. The maximum absolute atomic E-state index is 6.17. The molecule has 0 atom stereocenters. The van der Waals surface area contributed by atoms with Crippen LogP contribution in [0.1, 0.15) is 17.0 Å². The van der Waals surface area contributed by atoms with Gasteiger partial charge in [-0.2, -0.15) is 0 Å². The third kappa shape index (κ3) is 3.16. The molecule has 0 aliphatic rings. The van der Waals surface area contributed by atoms with Crippen LogP contribution in [0.15, 0.2) is 53.7 Å². The molecular weight excluding hydrogens is 329 g/mol. The van der Waals surface area contributed by atoms with Gasteiger partial charge in [0, 0.05) is 29.4 Å². The van der Waals surface area contributed by atoms with Crippen molar-refractivity contribution in [3.05, 3.63) is 75.7 Å². The Kier molecular flexibility index (Phi) is 4.51. The number of benzene rings is 1. The van der Waals surface area contributed by atoms with Gasteiger partial charge in [0.1, 0.15) is 5.82 Å². The van der Waals surface area contributed by atoms with E-state index in [1.165, 1.54) is 0 Å². The molecule has 1 aromatic carbocycles. The van der Waals surface area contributed by atoms with E-state index in [0.29, 0.717) is 15.7 Å². The summed E-state index contributed by atoms with van der Waals surface area (Å²) in [5, 5.41) is 0.962. The van der Waals surface area contributed by atoms with Crippen LogP contribution in [0.2, 0.25) is 10.0 Å². The Morgan fingerprint density at radius 1 is 1.09 bits per heavy atom. The second-order valence-electron chi connectivity index (χ2n) is 5.18. The van der Waals surface area contributed by atoms with Crippen molar-refractivity contribution in [2.45, 2.75) is 13.8 Å². The highest BCUT2D eigenvalue weighted by Gasteiger charge is 2.10. The summed E-state index contributed by atoms with van der Waals surface area (Å²) >= 11 is 12.2. The van der Waals surface area contributed by atoms with Gasteiger partial charge in [-0.25, -0.2) is 4.98 Å². The molecule has 0 spiro atoms. The molecule has 23 heavy (non-hydrogen) atoms. The van der Waals surface area contributed by atoms with Gasteiger partial charge >= 0.3 is 0 Å². The van der Waals surface area contributed by atoms with E-state index in [4.69, 9.17) is 23.2 Å². The molecule has 0 N–H and O–H groups in total. The van der Waals surface area contributed by atoms with Crippen LogP contribution in [0, 0.1) is 13.8 Å². The van der Waals surface area contributed by atoms with Crippen molar-refractivity contribution in [3.8, 4) is 5.82 Å². The predicted octanol–water partition coefficient (Wildman–Crippen LogP) is 5.55. The number of hydrogen-bond donors (Lipinski definition) is 0. The Hall–Kier alpha value is -2.10. The van der Waals surface area contributed by atoms with Gasteiger partial charge in [-0.1, -0.05) is 35.3 Å². The highest BCUT2D eigenvalue weighted by atomic mass is 35.5. The van der Waals surface area contributed by atoms with Gasteiger partial charge < -0.3 is 4.57 Å². The van der Waals surface area contributed by atoms with Crippen molar-refractivity contribution >= 4 is 35.1 Å². The number of hydrogen-bond acceptors (Lipinski definition) is 2. The summed E-state index contributed by atoms with van der Waals surface area (Å²) in [6.45, 7) is 4.09. The van der Waals surface area contributed by atoms with Crippen molar-refractivity contribution in [2.24, 2.45) is 4.99 Å². The SMILES string of the molecule is Cc1cc(C=Nc2cccc(Cl)c2Cl)c(C)n1-c1ccccn1. The lowest BCUT2D eigenvalue weighted by Crippen LogP contribution is -2.01. The molecule has 0 aliphatic heterocycles. The Morgan fingerprint density at radius 3 is 2.65 bits per heavy atom. The highest BCUT2D eigenvalue weighted by molar-refractivity contribution is 6.43. The number of aliphatic imine (C=N–C) groups is 1. The molecule has 2 heterocycles. The van der Waals surface area contributed by atoms with E-state index in [9.17, 15) is 0 Å².